The zero-order valence-corrected chi connectivity index (χ0v) is 25.1. The summed E-state index contributed by atoms with van der Waals surface area (Å²) in [6.07, 6.45) is 6.41. The fourth-order valence-electron chi connectivity index (χ4n) is 6.23. The first kappa shape index (κ1) is 29.4. The van der Waals surface area contributed by atoms with Gasteiger partial charge in [-0.3, -0.25) is 4.99 Å². The second-order valence-electron chi connectivity index (χ2n) is 11.6. The van der Waals surface area contributed by atoms with Crippen LogP contribution in [0, 0.1) is 19.3 Å². The number of hydrogen-bond donors (Lipinski definition) is 4. The van der Waals surface area contributed by atoms with Crippen LogP contribution >= 0.6 is 0 Å². The molecule has 2 aliphatic rings. The molecule has 2 aliphatic heterocycles. The molecular formula is C35H44N6O. The van der Waals surface area contributed by atoms with E-state index in [0.717, 1.165) is 31.7 Å². The molecule has 0 saturated carbocycles. The molecule has 2 heterocycles. The number of anilines is 2. The lowest BCUT2D eigenvalue weighted by Gasteiger charge is -2.42. The van der Waals surface area contributed by atoms with E-state index in [2.05, 4.69) is 76.4 Å². The van der Waals surface area contributed by atoms with Crippen LogP contribution in [0.15, 0.2) is 77.8 Å². The molecule has 0 spiro atoms. The van der Waals surface area contributed by atoms with Gasteiger partial charge in [0.15, 0.2) is 0 Å². The third-order valence-corrected chi connectivity index (χ3v) is 9.02. The molecule has 0 aliphatic carbocycles. The number of phenolic OH excluding ortho intramolecular Hbond substituents is 1. The van der Waals surface area contributed by atoms with E-state index < -0.39 is 0 Å². The molecule has 3 aromatic rings. The van der Waals surface area contributed by atoms with Crippen molar-refractivity contribution in [3.63, 3.8) is 0 Å². The molecule has 0 atom stereocenters. The molecule has 7 nitrogen and oxygen atoms in total. The molecule has 0 radical (unpaired) electrons. The van der Waals surface area contributed by atoms with E-state index in [1.54, 1.807) is 37.4 Å². The number of rotatable bonds is 8. The van der Waals surface area contributed by atoms with E-state index in [0.29, 0.717) is 29.1 Å². The molecule has 0 unspecified atom stereocenters. The number of phenols is 1. The summed E-state index contributed by atoms with van der Waals surface area (Å²) < 4.78 is 0. The van der Waals surface area contributed by atoms with Crippen LogP contribution in [0.1, 0.15) is 47.9 Å². The number of allylic oxidation sites excluding steroid dienone is 1. The van der Waals surface area contributed by atoms with E-state index in [1.807, 2.05) is 0 Å². The number of likely N-dealkylation sites (tertiary alicyclic amines) is 1. The number of piperidine rings is 2. The van der Waals surface area contributed by atoms with E-state index in [1.165, 1.54) is 48.2 Å². The van der Waals surface area contributed by atoms with Gasteiger partial charge in [-0.25, -0.2) is 0 Å². The van der Waals surface area contributed by atoms with Gasteiger partial charge in [0, 0.05) is 67.8 Å². The first-order valence-electron chi connectivity index (χ1n) is 15.1. The van der Waals surface area contributed by atoms with Crippen molar-refractivity contribution in [2.45, 2.75) is 51.6 Å². The quantitative estimate of drug-likeness (QED) is 0.199. The topological polar surface area (TPSA) is 101 Å². The Kier molecular flexibility index (Phi) is 9.28. The number of para-hydroxylation sites is 1. The minimum atomic E-state index is 0.0715. The van der Waals surface area contributed by atoms with Crippen LogP contribution in [0.25, 0.3) is 5.57 Å². The van der Waals surface area contributed by atoms with Gasteiger partial charge in [-0.05, 0) is 92.6 Å². The maximum Gasteiger partial charge on any atom is 0.126 e. The van der Waals surface area contributed by atoms with E-state index >= 15 is 0 Å². The summed E-state index contributed by atoms with van der Waals surface area (Å²) in [6, 6.07) is 23.0. The van der Waals surface area contributed by atoms with Crippen molar-refractivity contribution in [1.82, 2.24) is 4.90 Å². The third kappa shape index (κ3) is 6.68. The maximum absolute atomic E-state index is 10.2. The molecule has 3 aromatic carbocycles. The zero-order valence-electron chi connectivity index (χ0n) is 25.1. The number of hydrogen-bond acceptors (Lipinski definition) is 6. The van der Waals surface area contributed by atoms with Crippen molar-refractivity contribution in [3.05, 3.63) is 95.1 Å². The largest absolute Gasteiger partial charge is 0.507 e. The first-order chi connectivity index (χ1) is 20.3. The number of nitrogens with one attached hydrogen (secondary N) is 2. The lowest BCUT2D eigenvalue weighted by Crippen LogP contribution is -2.49. The predicted molar refractivity (Wildman–Crippen MR) is 176 cm³/mol. The first-order valence-corrected chi connectivity index (χ1v) is 15.1. The number of aromatic hydroxyl groups is 1. The number of amidine groups is 1. The minimum absolute atomic E-state index is 0.0715. The number of aliphatic imine (C=N–C) groups is 1. The Balaban J connectivity index is 1.16. The molecule has 5 rings (SSSR count). The summed E-state index contributed by atoms with van der Waals surface area (Å²) in [5, 5.41) is 22.5. The van der Waals surface area contributed by atoms with Crippen molar-refractivity contribution in [2.75, 3.05) is 43.4 Å². The monoisotopic (exact) mass is 564 g/mol. The van der Waals surface area contributed by atoms with Gasteiger partial charge in [-0.15, -0.1) is 0 Å². The molecule has 2 saturated heterocycles. The van der Waals surface area contributed by atoms with Gasteiger partial charge >= 0.3 is 0 Å². The van der Waals surface area contributed by atoms with Crippen LogP contribution in [-0.4, -0.2) is 66.9 Å². The summed E-state index contributed by atoms with van der Waals surface area (Å²) in [7, 11) is 1.65. The highest BCUT2D eigenvalue weighted by molar-refractivity contribution is 6.28. The van der Waals surface area contributed by atoms with Crippen LogP contribution in [0.2, 0.25) is 0 Å². The Bertz CT molecular complexity index is 1440. The summed E-state index contributed by atoms with van der Waals surface area (Å²) in [6.45, 7) is 8.81. The van der Waals surface area contributed by atoms with Crippen molar-refractivity contribution in [1.29, 1.82) is 5.41 Å². The highest BCUT2D eigenvalue weighted by Crippen LogP contribution is 2.28. The Morgan fingerprint density at radius 2 is 1.62 bits per heavy atom. The van der Waals surface area contributed by atoms with Crippen molar-refractivity contribution < 1.29 is 5.11 Å². The third-order valence-electron chi connectivity index (χ3n) is 9.02. The van der Waals surface area contributed by atoms with Gasteiger partial charge in [0.2, 0.25) is 0 Å². The van der Waals surface area contributed by atoms with Crippen molar-refractivity contribution in [2.24, 2.45) is 10.7 Å². The minimum Gasteiger partial charge on any atom is -0.507 e. The number of aryl methyl sites for hydroxylation is 1. The number of nitrogens with two attached hydrogens (primary N) is 1. The molecule has 2 fully saturated rings. The Hall–Kier alpha value is -4.10. The van der Waals surface area contributed by atoms with Crippen LogP contribution in [0.3, 0.4) is 0 Å². The molecule has 0 aromatic heterocycles. The van der Waals surface area contributed by atoms with Crippen molar-refractivity contribution >= 4 is 28.5 Å². The molecule has 7 heteroatoms. The van der Waals surface area contributed by atoms with Gasteiger partial charge in [-0.1, -0.05) is 36.4 Å². The fraction of sp³-hybridized carbons (Fsp3) is 0.371. The van der Waals surface area contributed by atoms with Crippen LogP contribution in [0.5, 0.6) is 5.75 Å². The molecule has 42 heavy (non-hydrogen) atoms. The molecule has 0 amide bonds. The SMILES string of the molecule is CN=C(N)/C(=C\C(=N)c1ccccc1O)c1ccc(N2CCC(N3CCC(Nc4cccc(C)c4C)CC3)CC2)cc1. The van der Waals surface area contributed by atoms with Gasteiger partial charge in [-0.2, -0.15) is 0 Å². The van der Waals surface area contributed by atoms with Gasteiger partial charge in [0.05, 0.1) is 5.71 Å². The lowest BCUT2D eigenvalue weighted by atomic mass is 9.96. The van der Waals surface area contributed by atoms with Gasteiger partial charge in [0.1, 0.15) is 11.6 Å². The molecular weight excluding hydrogens is 520 g/mol. The fourth-order valence-corrected chi connectivity index (χ4v) is 6.23. The summed E-state index contributed by atoms with van der Waals surface area (Å²) in [5.41, 5.74) is 13.7. The summed E-state index contributed by atoms with van der Waals surface area (Å²) >= 11 is 0. The molecule has 220 valence electrons. The van der Waals surface area contributed by atoms with Gasteiger partial charge < -0.3 is 31.4 Å². The average Bonchev–Trinajstić information content (AvgIpc) is 3.02. The predicted octanol–water partition coefficient (Wildman–Crippen LogP) is 5.99. The number of nitrogens with zero attached hydrogens (tertiary/aromatic N) is 3. The summed E-state index contributed by atoms with van der Waals surface area (Å²) in [5.74, 6) is 0.430. The smallest absolute Gasteiger partial charge is 0.126 e. The Morgan fingerprint density at radius 3 is 2.29 bits per heavy atom. The Morgan fingerprint density at radius 1 is 0.929 bits per heavy atom. The normalized spacial score (nSPS) is 17.8. The maximum atomic E-state index is 10.2. The van der Waals surface area contributed by atoms with Crippen LogP contribution in [-0.2, 0) is 0 Å². The second-order valence-corrected chi connectivity index (χ2v) is 11.6. The second kappa shape index (κ2) is 13.3. The number of benzene rings is 3. The molecule has 0 bridgehead atoms. The Labute approximate surface area is 250 Å². The van der Waals surface area contributed by atoms with Gasteiger partial charge in [0.25, 0.3) is 0 Å². The summed E-state index contributed by atoms with van der Waals surface area (Å²) in [4.78, 5) is 9.37. The van der Waals surface area contributed by atoms with E-state index in [9.17, 15) is 5.11 Å². The van der Waals surface area contributed by atoms with Crippen molar-refractivity contribution in [3.8, 4) is 5.75 Å². The molecule has 5 N–H and O–H groups in total. The van der Waals surface area contributed by atoms with Crippen LogP contribution in [0.4, 0.5) is 11.4 Å². The van der Waals surface area contributed by atoms with Crippen LogP contribution < -0.4 is 16.0 Å². The zero-order chi connectivity index (χ0) is 29.6. The van der Waals surface area contributed by atoms with E-state index in [-0.39, 0.29) is 11.5 Å². The highest BCUT2D eigenvalue weighted by atomic mass is 16.3. The lowest BCUT2D eigenvalue weighted by molar-refractivity contribution is 0.136. The van der Waals surface area contributed by atoms with E-state index in [4.69, 9.17) is 11.1 Å². The standard InChI is InChI=1S/C35H44N6O/c1-24-7-6-9-33(25(24)2)39-27-15-19-40(20-16-27)29-17-21-41(22-18-29)28-13-11-26(12-14-28)31(35(37)38-3)23-32(36)30-8-4-5-10-34(30)42/h4-14,23,27,29,36,39,42H,15-22H2,1-3H3,(H2,37,38)/b31-23-,36-32?. The average molecular weight is 565 g/mol. The highest BCUT2D eigenvalue weighted by Gasteiger charge is 2.28.